The second-order valence-electron chi connectivity index (χ2n) is 4.36. The van der Waals surface area contributed by atoms with Gasteiger partial charge >= 0.3 is 0 Å². The molecule has 1 heterocycles. The largest absolute Gasteiger partial charge is 0.321 e. The zero-order valence-corrected chi connectivity index (χ0v) is 11.8. The zero-order chi connectivity index (χ0) is 15.5. The molecule has 0 fully saturated rings. The third-order valence-electron chi connectivity index (χ3n) is 2.93. The normalized spacial score (nSPS) is 10.5. The van der Waals surface area contributed by atoms with Crippen LogP contribution in [0.1, 0.15) is 10.4 Å². The molecule has 0 spiro atoms. The molecule has 1 aromatic heterocycles. The summed E-state index contributed by atoms with van der Waals surface area (Å²) in [4.78, 5) is 12.2. The highest BCUT2D eigenvalue weighted by Crippen LogP contribution is 2.28. The number of carbonyl (C=O) groups is 1. The fourth-order valence-electron chi connectivity index (χ4n) is 1.93. The molecule has 0 saturated carbocycles. The number of hydrogen-bond acceptors (Lipinski definition) is 4. The summed E-state index contributed by atoms with van der Waals surface area (Å²) in [6.45, 7) is 0. The van der Waals surface area contributed by atoms with Crippen LogP contribution in [0.3, 0.4) is 0 Å². The molecule has 0 aliphatic rings. The number of nitrogens with one attached hydrogen (secondary N) is 2. The highest BCUT2D eigenvalue weighted by atomic mass is 35.5. The lowest BCUT2D eigenvalue weighted by molar-refractivity contribution is 0.102. The van der Waals surface area contributed by atoms with Crippen molar-refractivity contribution in [2.24, 2.45) is 0 Å². The van der Waals surface area contributed by atoms with Gasteiger partial charge in [0.25, 0.3) is 5.91 Å². The van der Waals surface area contributed by atoms with Crippen molar-refractivity contribution in [3.63, 3.8) is 0 Å². The Kier molecular flexibility index (Phi) is 3.80. The van der Waals surface area contributed by atoms with Gasteiger partial charge in [-0.25, -0.2) is 4.39 Å². The minimum Gasteiger partial charge on any atom is -0.321 e. The number of aromatic amines is 1. The highest BCUT2D eigenvalue weighted by Gasteiger charge is 2.15. The van der Waals surface area contributed by atoms with Gasteiger partial charge in [0.2, 0.25) is 5.82 Å². The van der Waals surface area contributed by atoms with Crippen molar-refractivity contribution in [1.82, 2.24) is 20.6 Å². The Hall–Kier alpha value is -2.80. The summed E-state index contributed by atoms with van der Waals surface area (Å²) >= 11 is 5.95. The Balaban J connectivity index is 1.97. The maximum atomic E-state index is 13.7. The van der Waals surface area contributed by atoms with E-state index in [0.29, 0.717) is 22.1 Å². The summed E-state index contributed by atoms with van der Waals surface area (Å²) in [5.41, 5.74) is 0.812. The van der Waals surface area contributed by atoms with E-state index in [0.717, 1.165) is 0 Å². The van der Waals surface area contributed by atoms with Crippen molar-refractivity contribution in [3.8, 4) is 11.4 Å². The lowest BCUT2D eigenvalue weighted by Gasteiger charge is -2.10. The molecule has 0 atom stereocenters. The van der Waals surface area contributed by atoms with Gasteiger partial charge in [-0.05, 0) is 35.5 Å². The number of tetrazole rings is 1. The third-order valence-corrected chi connectivity index (χ3v) is 3.17. The Morgan fingerprint density at radius 1 is 1.23 bits per heavy atom. The van der Waals surface area contributed by atoms with E-state index in [1.165, 1.54) is 24.3 Å². The van der Waals surface area contributed by atoms with E-state index in [-0.39, 0.29) is 5.56 Å². The average molecular weight is 318 g/mol. The molecule has 0 unspecified atom stereocenters. The number of anilines is 1. The van der Waals surface area contributed by atoms with Crippen LogP contribution in [0, 0.1) is 5.82 Å². The lowest BCUT2D eigenvalue weighted by atomic mass is 10.1. The number of hydrogen-bond donors (Lipinski definition) is 2. The first-order valence-corrected chi connectivity index (χ1v) is 6.62. The van der Waals surface area contributed by atoms with Crippen LogP contribution in [-0.2, 0) is 0 Å². The summed E-state index contributed by atoms with van der Waals surface area (Å²) in [6, 6.07) is 10.5. The minimum absolute atomic E-state index is 0.0680. The summed E-state index contributed by atoms with van der Waals surface area (Å²) in [7, 11) is 0. The van der Waals surface area contributed by atoms with Crippen LogP contribution in [0.15, 0.2) is 42.5 Å². The van der Waals surface area contributed by atoms with E-state index in [1.54, 1.807) is 18.2 Å². The number of halogens is 2. The van der Waals surface area contributed by atoms with Gasteiger partial charge in [-0.1, -0.05) is 23.7 Å². The fourth-order valence-corrected chi connectivity index (χ4v) is 2.10. The van der Waals surface area contributed by atoms with Gasteiger partial charge in [-0.3, -0.25) is 4.79 Å². The Morgan fingerprint density at radius 3 is 2.77 bits per heavy atom. The van der Waals surface area contributed by atoms with Crippen LogP contribution in [0.2, 0.25) is 5.02 Å². The predicted octanol–water partition coefficient (Wildman–Crippen LogP) is 2.91. The second-order valence-corrected chi connectivity index (χ2v) is 4.80. The minimum atomic E-state index is -0.608. The highest BCUT2D eigenvalue weighted by molar-refractivity contribution is 6.31. The van der Waals surface area contributed by atoms with Crippen LogP contribution in [0.4, 0.5) is 10.1 Å². The molecule has 6 nitrogen and oxygen atoms in total. The second kappa shape index (κ2) is 5.90. The van der Waals surface area contributed by atoms with Crippen molar-refractivity contribution in [1.29, 1.82) is 0 Å². The van der Waals surface area contributed by atoms with Crippen LogP contribution in [0.25, 0.3) is 11.4 Å². The van der Waals surface area contributed by atoms with Gasteiger partial charge in [0, 0.05) is 10.6 Å². The zero-order valence-electron chi connectivity index (χ0n) is 11.0. The van der Waals surface area contributed by atoms with Crippen LogP contribution >= 0.6 is 11.6 Å². The predicted molar refractivity (Wildman–Crippen MR) is 79.0 cm³/mol. The number of H-pyrrole nitrogens is 1. The number of carbonyl (C=O) groups excluding carboxylic acids is 1. The standard InChI is InChI=1S/C14H9ClFN5O/c15-8-5-6-10(13-18-20-21-19-13)12(7-8)17-14(22)9-3-1-2-4-11(9)16/h1-7H,(H,17,22)(H,18,19,20,21). The molecule has 0 saturated heterocycles. The number of aromatic nitrogens is 4. The molecule has 0 bridgehead atoms. The van der Waals surface area contributed by atoms with Gasteiger partial charge < -0.3 is 5.32 Å². The molecule has 0 aliphatic heterocycles. The molecule has 0 aliphatic carbocycles. The molecule has 2 aromatic carbocycles. The van der Waals surface area contributed by atoms with Gasteiger partial charge in [0.05, 0.1) is 11.3 Å². The molecule has 1 amide bonds. The number of benzene rings is 2. The van der Waals surface area contributed by atoms with E-state index in [2.05, 4.69) is 25.9 Å². The number of nitrogens with zero attached hydrogens (tertiary/aromatic N) is 3. The molecule has 22 heavy (non-hydrogen) atoms. The quantitative estimate of drug-likeness (QED) is 0.778. The van der Waals surface area contributed by atoms with Crippen molar-refractivity contribution < 1.29 is 9.18 Å². The maximum absolute atomic E-state index is 13.7. The van der Waals surface area contributed by atoms with E-state index >= 15 is 0 Å². The van der Waals surface area contributed by atoms with E-state index < -0.39 is 11.7 Å². The number of amides is 1. The summed E-state index contributed by atoms with van der Waals surface area (Å²) in [5.74, 6) is -0.909. The monoisotopic (exact) mass is 317 g/mol. The Labute approximate surface area is 129 Å². The summed E-state index contributed by atoms with van der Waals surface area (Å²) in [6.07, 6.45) is 0. The third kappa shape index (κ3) is 2.79. The van der Waals surface area contributed by atoms with E-state index in [4.69, 9.17) is 11.6 Å². The molecule has 110 valence electrons. The smallest absolute Gasteiger partial charge is 0.258 e. The van der Waals surface area contributed by atoms with E-state index in [9.17, 15) is 9.18 Å². The topological polar surface area (TPSA) is 83.6 Å². The van der Waals surface area contributed by atoms with Crippen LogP contribution < -0.4 is 5.32 Å². The van der Waals surface area contributed by atoms with Gasteiger partial charge in [0.15, 0.2) is 0 Å². The Bertz CT molecular complexity index is 822. The fraction of sp³-hybridized carbons (Fsp3) is 0. The van der Waals surface area contributed by atoms with Gasteiger partial charge in [-0.2, -0.15) is 5.21 Å². The van der Waals surface area contributed by atoms with Crippen molar-refractivity contribution in [3.05, 3.63) is 58.9 Å². The summed E-state index contributed by atoms with van der Waals surface area (Å²) < 4.78 is 13.7. The molecule has 3 aromatic rings. The van der Waals surface area contributed by atoms with Gasteiger partial charge in [-0.15, -0.1) is 10.2 Å². The van der Waals surface area contributed by atoms with E-state index in [1.807, 2.05) is 0 Å². The van der Waals surface area contributed by atoms with Crippen molar-refractivity contribution >= 4 is 23.2 Å². The Morgan fingerprint density at radius 2 is 2.05 bits per heavy atom. The first-order chi connectivity index (χ1) is 10.6. The average Bonchev–Trinajstić information content (AvgIpc) is 3.02. The van der Waals surface area contributed by atoms with Crippen molar-refractivity contribution in [2.75, 3.05) is 5.32 Å². The van der Waals surface area contributed by atoms with Crippen LogP contribution in [0.5, 0.6) is 0 Å². The van der Waals surface area contributed by atoms with Crippen LogP contribution in [-0.4, -0.2) is 26.5 Å². The van der Waals surface area contributed by atoms with Crippen molar-refractivity contribution in [2.45, 2.75) is 0 Å². The number of rotatable bonds is 3. The summed E-state index contributed by atoms with van der Waals surface area (Å²) in [5, 5.41) is 16.5. The maximum Gasteiger partial charge on any atom is 0.258 e. The molecule has 8 heteroatoms. The molecule has 0 radical (unpaired) electrons. The SMILES string of the molecule is O=C(Nc1cc(Cl)ccc1-c1nn[nH]n1)c1ccccc1F. The first kappa shape index (κ1) is 14.2. The first-order valence-electron chi connectivity index (χ1n) is 6.24. The molecular weight excluding hydrogens is 309 g/mol. The molecular formula is C14H9ClFN5O. The van der Waals surface area contributed by atoms with Gasteiger partial charge in [0.1, 0.15) is 5.82 Å². The lowest BCUT2D eigenvalue weighted by Crippen LogP contribution is -2.14. The molecule has 3 rings (SSSR count). The molecule has 2 N–H and O–H groups in total.